The van der Waals surface area contributed by atoms with Gasteiger partial charge in [0, 0.05) is 12.8 Å². The lowest BCUT2D eigenvalue weighted by Gasteiger charge is -2.07. The molecule has 90 valence electrons. The van der Waals surface area contributed by atoms with Crippen LogP contribution < -0.4 is 5.32 Å². The number of aryl methyl sites for hydroxylation is 1. The van der Waals surface area contributed by atoms with Crippen molar-refractivity contribution in [2.45, 2.75) is 20.1 Å². The van der Waals surface area contributed by atoms with Crippen LogP contribution in [0.1, 0.15) is 16.9 Å². The van der Waals surface area contributed by atoms with E-state index in [4.69, 9.17) is 9.15 Å². The minimum absolute atomic E-state index is 0.634. The van der Waals surface area contributed by atoms with E-state index in [2.05, 4.69) is 11.4 Å². The van der Waals surface area contributed by atoms with E-state index in [9.17, 15) is 0 Å². The van der Waals surface area contributed by atoms with Crippen molar-refractivity contribution in [3.05, 3.63) is 53.5 Å². The first kappa shape index (κ1) is 11.7. The number of anilines is 1. The van der Waals surface area contributed by atoms with Gasteiger partial charge in [-0.25, -0.2) is 0 Å². The molecule has 3 nitrogen and oxygen atoms in total. The average molecular weight is 231 g/mol. The molecule has 1 aromatic heterocycles. The van der Waals surface area contributed by atoms with Gasteiger partial charge in [-0.1, -0.05) is 12.1 Å². The van der Waals surface area contributed by atoms with Gasteiger partial charge in [-0.3, -0.25) is 0 Å². The standard InChI is InChI=1S/C14H17NO2/c1-11-6-7-17-14(11)9-15-13-5-3-4-12(8-13)10-16-2/h3-8,15H,9-10H2,1-2H3. The third-order valence-corrected chi connectivity index (χ3v) is 2.66. The van der Waals surface area contributed by atoms with Crippen molar-refractivity contribution in [1.82, 2.24) is 0 Å². The van der Waals surface area contributed by atoms with E-state index in [1.807, 2.05) is 31.2 Å². The maximum absolute atomic E-state index is 5.38. The van der Waals surface area contributed by atoms with Crippen LogP contribution in [0.5, 0.6) is 0 Å². The maximum Gasteiger partial charge on any atom is 0.125 e. The van der Waals surface area contributed by atoms with Crippen molar-refractivity contribution in [3.63, 3.8) is 0 Å². The minimum Gasteiger partial charge on any atom is -0.467 e. The number of hydrogen-bond acceptors (Lipinski definition) is 3. The number of hydrogen-bond donors (Lipinski definition) is 1. The van der Waals surface area contributed by atoms with E-state index < -0.39 is 0 Å². The summed E-state index contributed by atoms with van der Waals surface area (Å²) in [5.41, 5.74) is 3.41. The molecule has 0 aliphatic carbocycles. The predicted octanol–water partition coefficient (Wildman–Crippen LogP) is 3.35. The maximum atomic E-state index is 5.38. The molecule has 0 spiro atoms. The smallest absolute Gasteiger partial charge is 0.125 e. The summed E-state index contributed by atoms with van der Waals surface area (Å²) >= 11 is 0. The molecular weight excluding hydrogens is 214 g/mol. The summed E-state index contributed by atoms with van der Waals surface area (Å²) in [6.07, 6.45) is 1.72. The van der Waals surface area contributed by atoms with Crippen LogP contribution in [0.4, 0.5) is 5.69 Å². The molecule has 1 N–H and O–H groups in total. The molecule has 3 heteroatoms. The van der Waals surface area contributed by atoms with Crippen LogP contribution >= 0.6 is 0 Å². The molecule has 1 aromatic carbocycles. The third-order valence-electron chi connectivity index (χ3n) is 2.66. The Hall–Kier alpha value is -1.74. The second-order valence-electron chi connectivity index (χ2n) is 4.01. The van der Waals surface area contributed by atoms with Gasteiger partial charge in [0.15, 0.2) is 0 Å². The lowest BCUT2D eigenvalue weighted by molar-refractivity contribution is 0.185. The van der Waals surface area contributed by atoms with Gasteiger partial charge >= 0.3 is 0 Å². The fraction of sp³-hybridized carbons (Fsp3) is 0.286. The van der Waals surface area contributed by atoms with Crippen LogP contribution in [0.25, 0.3) is 0 Å². The van der Waals surface area contributed by atoms with Crippen LogP contribution in [0.2, 0.25) is 0 Å². The highest BCUT2D eigenvalue weighted by Crippen LogP contribution is 2.15. The molecule has 0 aliphatic rings. The fourth-order valence-electron chi connectivity index (χ4n) is 1.71. The lowest BCUT2D eigenvalue weighted by atomic mass is 10.2. The van der Waals surface area contributed by atoms with Crippen LogP contribution in [-0.2, 0) is 17.9 Å². The first-order valence-electron chi connectivity index (χ1n) is 5.64. The summed E-state index contributed by atoms with van der Waals surface area (Å²) in [4.78, 5) is 0. The van der Waals surface area contributed by atoms with Crippen molar-refractivity contribution >= 4 is 5.69 Å². The van der Waals surface area contributed by atoms with Crippen LogP contribution in [-0.4, -0.2) is 7.11 Å². The molecule has 0 atom stereocenters. The fourth-order valence-corrected chi connectivity index (χ4v) is 1.71. The lowest BCUT2D eigenvalue weighted by Crippen LogP contribution is -2.00. The topological polar surface area (TPSA) is 34.4 Å². The Morgan fingerprint density at radius 2 is 2.18 bits per heavy atom. The second kappa shape index (κ2) is 5.55. The summed E-state index contributed by atoms with van der Waals surface area (Å²) in [6.45, 7) is 3.38. The molecule has 0 amide bonds. The normalized spacial score (nSPS) is 10.5. The van der Waals surface area contributed by atoms with Crippen LogP contribution in [0, 0.1) is 6.92 Å². The molecular formula is C14H17NO2. The Morgan fingerprint density at radius 3 is 2.88 bits per heavy atom. The Balaban J connectivity index is 1.99. The van der Waals surface area contributed by atoms with Crippen molar-refractivity contribution in [2.75, 3.05) is 12.4 Å². The molecule has 0 aliphatic heterocycles. The Bertz CT molecular complexity index is 477. The Kier molecular flexibility index (Phi) is 3.83. The van der Waals surface area contributed by atoms with E-state index in [-0.39, 0.29) is 0 Å². The molecule has 2 aromatic rings. The molecule has 0 saturated carbocycles. The summed E-state index contributed by atoms with van der Waals surface area (Å²) in [6, 6.07) is 10.2. The predicted molar refractivity (Wildman–Crippen MR) is 67.9 cm³/mol. The van der Waals surface area contributed by atoms with Crippen LogP contribution in [0.3, 0.4) is 0 Å². The van der Waals surface area contributed by atoms with Crippen molar-refractivity contribution in [1.29, 1.82) is 0 Å². The second-order valence-corrected chi connectivity index (χ2v) is 4.01. The van der Waals surface area contributed by atoms with E-state index >= 15 is 0 Å². The highest BCUT2D eigenvalue weighted by molar-refractivity contribution is 5.46. The molecule has 0 radical (unpaired) electrons. The van der Waals surface area contributed by atoms with Gasteiger partial charge in [0.1, 0.15) is 5.76 Å². The quantitative estimate of drug-likeness (QED) is 0.857. The summed E-state index contributed by atoms with van der Waals surface area (Å²) in [7, 11) is 1.70. The SMILES string of the molecule is COCc1cccc(NCc2occc2C)c1. The zero-order chi connectivity index (χ0) is 12.1. The summed E-state index contributed by atoms with van der Waals surface area (Å²) in [5.74, 6) is 0.974. The van der Waals surface area contributed by atoms with Gasteiger partial charge in [-0.2, -0.15) is 0 Å². The molecule has 2 rings (SSSR count). The zero-order valence-electron chi connectivity index (χ0n) is 10.2. The number of methoxy groups -OCH3 is 1. The molecule has 0 unspecified atom stereocenters. The van der Waals surface area contributed by atoms with Gasteiger partial charge in [0.25, 0.3) is 0 Å². The highest BCUT2D eigenvalue weighted by atomic mass is 16.5. The van der Waals surface area contributed by atoms with Gasteiger partial charge in [-0.05, 0) is 36.2 Å². The number of furan rings is 1. The van der Waals surface area contributed by atoms with E-state index in [1.54, 1.807) is 13.4 Å². The molecule has 0 saturated heterocycles. The first-order chi connectivity index (χ1) is 8.29. The van der Waals surface area contributed by atoms with Gasteiger partial charge in [0.2, 0.25) is 0 Å². The van der Waals surface area contributed by atoms with Gasteiger partial charge < -0.3 is 14.5 Å². The summed E-state index contributed by atoms with van der Waals surface area (Å²) in [5, 5.41) is 3.34. The Labute approximate surface area is 101 Å². The van der Waals surface area contributed by atoms with Gasteiger partial charge in [0.05, 0.1) is 19.4 Å². The van der Waals surface area contributed by atoms with Crippen molar-refractivity contribution in [3.8, 4) is 0 Å². The number of benzene rings is 1. The third kappa shape index (κ3) is 3.11. The number of rotatable bonds is 5. The minimum atomic E-state index is 0.634. The summed E-state index contributed by atoms with van der Waals surface area (Å²) < 4.78 is 10.5. The highest BCUT2D eigenvalue weighted by Gasteiger charge is 2.01. The van der Waals surface area contributed by atoms with E-state index in [1.165, 1.54) is 5.56 Å². The van der Waals surface area contributed by atoms with Gasteiger partial charge in [-0.15, -0.1) is 0 Å². The Morgan fingerprint density at radius 1 is 1.29 bits per heavy atom. The zero-order valence-corrected chi connectivity index (χ0v) is 10.2. The van der Waals surface area contributed by atoms with Crippen molar-refractivity contribution < 1.29 is 9.15 Å². The van der Waals surface area contributed by atoms with Crippen molar-refractivity contribution in [2.24, 2.45) is 0 Å². The monoisotopic (exact) mass is 231 g/mol. The number of ether oxygens (including phenoxy) is 1. The van der Waals surface area contributed by atoms with E-state index in [0.717, 1.165) is 17.0 Å². The molecule has 0 fully saturated rings. The molecule has 17 heavy (non-hydrogen) atoms. The number of nitrogens with one attached hydrogen (secondary N) is 1. The average Bonchev–Trinajstić information content (AvgIpc) is 2.73. The molecule has 0 bridgehead atoms. The largest absolute Gasteiger partial charge is 0.467 e. The first-order valence-corrected chi connectivity index (χ1v) is 5.64. The molecule has 1 heterocycles. The van der Waals surface area contributed by atoms with E-state index in [0.29, 0.717) is 13.2 Å². The van der Waals surface area contributed by atoms with Crippen LogP contribution in [0.15, 0.2) is 41.0 Å².